The fourth-order valence-electron chi connectivity index (χ4n) is 2.64. The maximum atomic E-state index is 12.0. The van der Waals surface area contributed by atoms with Gasteiger partial charge in [-0.25, -0.2) is 9.59 Å². The van der Waals surface area contributed by atoms with Crippen molar-refractivity contribution in [2.24, 2.45) is 7.05 Å². The number of hydrogen-bond acceptors (Lipinski definition) is 5. The van der Waals surface area contributed by atoms with Gasteiger partial charge in [-0.1, -0.05) is 59.6 Å². The Bertz CT molecular complexity index is 1230. The number of nitrogens with one attached hydrogen (secondary N) is 2. The molecular weight excluding hydrogens is 497 g/mol. The Morgan fingerprint density at radius 3 is 2.23 bits per heavy atom. The number of halogens is 2. The Balaban J connectivity index is 0.000000251. The van der Waals surface area contributed by atoms with E-state index in [0.29, 0.717) is 6.54 Å². The van der Waals surface area contributed by atoms with Crippen molar-refractivity contribution in [2.45, 2.75) is 6.54 Å². The molecule has 1 heterocycles. The largest absolute Gasteiger partial charge is 0.480 e. The summed E-state index contributed by atoms with van der Waals surface area (Å²) in [7, 11) is 3.18. The van der Waals surface area contributed by atoms with Crippen LogP contribution in [0.15, 0.2) is 65.6 Å². The highest BCUT2D eigenvalue weighted by molar-refractivity contribution is 6.40. The van der Waals surface area contributed by atoms with Crippen molar-refractivity contribution in [1.29, 1.82) is 0 Å². The number of aromatic nitrogens is 2. The van der Waals surface area contributed by atoms with Crippen molar-refractivity contribution in [2.75, 3.05) is 18.9 Å². The summed E-state index contributed by atoms with van der Waals surface area (Å²) in [4.78, 5) is 50.1. The molecule has 3 N–H and O–H groups in total. The molecule has 3 rings (SSSR count). The van der Waals surface area contributed by atoms with E-state index in [-0.39, 0.29) is 28.0 Å². The number of carboxylic acids is 1. The van der Waals surface area contributed by atoms with Crippen LogP contribution in [0.3, 0.4) is 0 Å². The van der Waals surface area contributed by atoms with Crippen LogP contribution in [0.5, 0.6) is 0 Å². The van der Waals surface area contributed by atoms with Gasteiger partial charge in [0.05, 0.1) is 15.6 Å². The molecule has 0 fully saturated rings. The van der Waals surface area contributed by atoms with E-state index < -0.39 is 23.6 Å². The standard InChI is InChI=1S/C12H9Cl2N3O2.C11H14N2O3/c1-17-6-5-9(16-12(17)19)15-11(18)10-7(13)3-2-4-8(10)14;1-13(11(16)12-7-10(14)15)8-9-5-3-2-4-6-9/h2-6H,1H3,(H,15,16,18,19);2-6H,7-8H2,1H3,(H,12,16)(H,14,15). The monoisotopic (exact) mass is 519 g/mol. The van der Waals surface area contributed by atoms with E-state index in [1.807, 2.05) is 30.3 Å². The zero-order valence-electron chi connectivity index (χ0n) is 18.9. The summed E-state index contributed by atoms with van der Waals surface area (Å²) in [5.41, 5.74) is 0.673. The van der Waals surface area contributed by atoms with Crippen molar-refractivity contribution < 1.29 is 19.5 Å². The van der Waals surface area contributed by atoms with Crippen molar-refractivity contribution in [3.05, 3.63) is 92.5 Å². The maximum Gasteiger partial charge on any atom is 0.349 e. The molecule has 0 bridgehead atoms. The van der Waals surface area contributed by atoms with E-state index in [4.69, 9.17) is 28.3 Å². The number of nitrogens with zero attached hydrogens (tertiary/aromatic N) is 3. The van der Waals surface area contributed by atoms with E-state index in [1.54, 1.807) is 32.3 Å². The van der Waals surface area contributed by atoms with Gasteiger partial charge in [-0.15, -0.1) is 0 Å². The van der Waals surface area contributed by atoms with Crippen LogP contribution >= 0.6 is 23.2 Å². The third-order valence-electron chi connectivity index (χ3n) is 4.41. The lowest BCUT2D eigenvalue weighted by molar-refractivity contribution is -0.135. The normalized spacial score (nSPS) is 9.94. The van der Waals surface area contributed by atoms with Crippen LogP contribution in [0.2, 0.25) is 10.0 Å². The van der Waals surface area contributed by atoms with Crippen LogP contribution in [-0.2, 0) is 18.4 Å². The van der Waals surface area contributed by atoms with Crippen LogP contribution in [0.1, 0.15) is 15.9 Å². The summed E-state index contributed by atoms with van der Waals surface area (Å²) in [6.45, 7) is 0.0876. The van der Waals surface area contributed by atoms with Crippen LogP contribution in [0.25, 0.3) is 0 Å². The highest BCUT2D eigenvalue weighted by Crippen LogP contribution is 2.24. The lowest BCUT2D eigenvalue weighted by atomic mass is 10.2. The molecule has 0 aliphatic rings. The van der Waals surface area contributed by atoms with E-state index in [2.05, 4.69) is 15.6 Å². The quantitative estimate of drug-likeness (QED) is 0.457. The zero-order valence-corrected chi connectivity index (χ0v) is 20.4. The molecular formula is C23H23Cl2N5O5. The fourth-order valence-corrected chi connectivity index (χ4v) is 3.21. The molecule has 0 saturated carbocycles. The van der Waals surface area contributed by atoms with Gasteiger partial charge in [0.25, 0.3) is 5.91 Å². The third-order valence-corrected chi connectivity index (χ3v) is 5.04. The summed E-state index contributed by atoms with van der Waals surface area (Å²) in [5, 5.41) is 13.6. The summed E-state index contributed by atoms with van der Waals surface area (Å²) < 4.78 is 1.29. The second-order valence-corrected chi connectivity index (χ2v) is 7.97. The van der Waals surface area contributed by atoms with Gasteiger partial charge in [0.1, 0.15) is 12.4 Å². The molecule has 3 amide bonds. The minimum Gasteiger partial charge on any atom is -0.480 e. The number of benzene rings is 2. The van der Waals surface area contributed by atoms with Gasteiger partial charge in [-0.05, 0) is 23.8 Å². The molecule has 0 spiro atoms. The second kappa shape index (κ2) is 13.1. The average Bonchev–Trinajstić information content (AvgIpc) is 2.81. The van der Waals surface area contributed by atoms with Crippen molar-refractivity contribution in [3.63, 3.8) is 0 Å². The van der Waals surface area contributed by atoms with Gasteiger partial charge in [-0.2, -0.15) is 4.98 Å². The molecule has 35 heavy (non-hydrogen) atoms. The first-order valence-electron chi connectivity index (χ1n) is 10.1. The van der Waals surface area contributed by atoms with Crippen molar-refractivity contribution >= 4 is 46.9 Å². The van der Waals surface area contributed by atoms with E-state index in [0.717, 1.165) is 5.56 Å². The molecule has 0 aliphatic carbocycles. The Labute approximate surface area is 211 Å². The number of carboxylic acid groups (broad SMARTS) is 1. The molecule has 12 heteroatoms. The lowest BCUT2D eigenvalue weighted by Crippen LogP contribution is -2.39. The molecule has 184 valence electrons. The number of urea groups is 1. The summed E-state index contributed by atoms with van der Waals surface area (Å²) in [6, 6.07) is 15.3. The Morgan fingerprint density at radius 2 is 1.66 bits per heavy atom. The number of hydrogen-bond donors (Lipinski definition) is 3. The van der Waals surface area contributed by atoms with Crippen LogP contribution < -0.4 is 16.3 Å². The SMILES string of the molecule is CN(Cc1ccccc1)C(=O)NCC(=O)O.Cn1ccc(NC(=O)c2c(Cl)cccc2Cl)nc1=O. The van der Waals surface area contributed by atoms with Gasteiger partial charge in [0.2, 0.25) is 0 Å². The third kappa shape index (κ3) is 8.76. The predicted octanol–water partition coefficient (Wildman–Crippen LogP) is 3.25. The van der Waals surface area contributed by atoms with E-state index in [9.17, 15) is 19.2 Å². The average molecular weight is 520 g/mol. The first-order chi connectivity index (χ1) is 16.6. The Hall–Kier alpha value is -3.89. The number of rotatable bonds is 6. The number of anilines is 1. The smallest absolute Gasteiger partial charge is 0.349 e. The fraction of sp³-hybridized carbons (Fsp3) is 0.174. The number of aryl methyl sites for hydroxylation is 1. The molecule has 0 radical (unpaired) electrons. The van der Waals surface area contributed by atoms with Crippen LogP contribution in [0.4, 0.5) is 10.6 Å². The van der Waals surface area contributed by atoms with E-state index >= 15 is 0 Å². The predicted molar refractivity (Wildman–Crippen MR) is 133 cm³/mol. The van der Waals surface area contributed by atoms with Gasteiger partial charge < -0.3 is 25.2 Å². The molecule has 3 aromatic rings. The lowest BCUT2D eigenvalue weighted by Gasteiger charge is -2.17. The first kappa shape index (κ1) is 27.4. The van der Waals surface area contributed by atoms with Crippen LogP contribution in [0, 0.1) is 0 Å². The first-order valence-corrected chi connectivity index (χ1v) is 10.9. The zero-order chi connectivity index (χ0) is 26.0. The molecule has 0 atom stereocenters. The number of amides is 3. The van der Waals surface area contributed by atoms with Gasteiger partial charge in [0, 0.05) is 26.8 Å². The molecule has 0 saturated heterocycles. The minimum absolute atomic E-state index is 0.143. The highest BCUT2D eigenvalue weighted by atomic mass is 35.5. The maximum absolute atomic E-state index is 12.0. The molecule has 2 aromatic carbocycles. The van der Waals surface area contributed by atoms with E-state index in [1.165, 1.54) is 21.7 Å². The summed E-state index contributed by atoms with van der Waals surface area (Å²) in [6.07, 6.45) is 1.50. The summed E-state index contributed by atoms with van der Waals surface area (Å²) in [5.74, 6) is -1.43. The molecule has 1 aromatic heterocycles. The second-order valence-electron chi connectivity index (χ2n) is 7.15. The molecule has 0 aliphatic heterocycles. The number of carbonyl (C=O) groups excluding carboxylic acids is 2. The Kier molecular flexibility index (Phi) is 10.2. The number of aliphatic carboxylic acids is 1. The minimum atomic E-state index is -1.05. The molecule has 0 unspecified atom stereocenters. The van der Waals surface area contributed by atoms with Gasteiger partial charge in [-0.3, -0.25) is 9.59 Å². The van der Waals surface area contributed by atoms with Gasteiger partial charge in [0.15, 0.2) is 0 Å². The Morgan fingerprint density at radius 1 is 1.03 bits per heavy atom. The van der Waals surface area contributed by atoms with Crippen LogP contribution in [-0.4, -0.2) is 51.1 Å². The topological polar surface area (TPSA) is 134 Å². The van der Waals surface area contributed by atoms with Crippen molar-refractivity contribution in [3.8, 4) is 0 Å². The van der Waals surface area contributed by atoms with Crippen molar-refractivity contribution in [1.82, 2.24) is 19.8 Å². The highest BCUT2D eigenvalue weighted by Gasteiger charge is 2.15. The molecule has 10 nitrogen and oxygen atoms in total. The number of carbonyl (C=O) groups is 3. The summed E-state index contributed by atoms with van der Waals surface area (Å²) >= 11 is 11.8. The van der Waals surface area contributed by atoms with Gasteiger partial charge >= 0.3 is 17.7 Å².